The smallest absolute Gasteiger partial charge is 0.166 e. The first-order valence-corrected chi connectivity index (χ1v) is 11.0. The molecule has 0 fully saturated rings. The average Bonchev–Trinajstić information content (AvgIpc) is 3.18. The van der Waals surface area contributed by atoms with Gasteiger partial charge in [-0.1, -0.05) is 36.0 Å². The molecule has 0 aliphatic rings. The maximum Gasteiger partial charge on any atom is 0.166 e. The van der Waals surface area contributed by atoms with Crippen molar-refractivity contribution in [1.82, 2.24) is 15.0 Å². The van der Waals surface area contributed by atoms with E-state index >= 15 is 0 Å². The zero-order chi connectivity index (χ0) is 19.3. The first kappa shape index (κ1) is 18.8. The minimum Gasteiger partial charge on any atom is -0.332 e. The topological polar surface area (TPSA) is 41.6 Å². The highest BCUT2D eigenvalue weighted by Gasteiger charge is 2.16. The third kappa shape index (κ3) is 4.13. The van der Waals surface area contributed by atoms with E-state index in [1.807, 2.05) is 18.2 Å². The monoisotopic (exact) mass is 407 g/mol. The van der Waals surface area contributed by atoms with Gasteiger partial charge in [0.05, 0.1) is 11.4 Å². The molecule has 0 amide bonds. The molecule has 28 heavy (non-hydrogen) atoms. The summed E-state index contributed by atoms with van der Waals surface area (Å²) in [7, 11) is 0. The number of imidazole rings is 1. The highest BCUT2D eigenvalue weighted by atomic mass is 32.2. The molecule has 2 aromatic heterocycles. The third-order valence-corrected chi connectivity index (χ3v) is 6.04. The zero-order valence-corrected chi connectivity index (χ0v) is 16.9. The molecule has 6 heteroatoms. The molecule has 0 atom stereocenters. The van der Waals surface area contributed by atoms with Crippen LogP contribution in [0.4, 0.5) is 4.39 Å². The van der Waals surface area contributed by atoms with Crippen LogP contribution in [0.25, 0.3) is 22.6 Å². The second-order valence-corrected chi connectivity index (χ2v) is 7.90. The Hall–Kier alpha value is -2.57. The minimum atomic E-state index is -0.258. The summed E-state index contributed by atoms with van der Waals surface area (Å²) in [5.74, 6) is 0.556. The summed E-state index contributed by atoms with van der Waals surface area (Å²) in [6.45, 7) is 0. The summed E-state index contributed by atoms with van der Waals surface area (Å²) in [4.78, 5) is 13.9. The van der Waals surface area contributed by atoms with Crippen molar-refractivity contribution < 1.29 is 4.39 Å². The van der Waals surface area contributed by atoms with E-state index in [4.69, 9.17) is 4.98 Å². The maximum absolute atomic E-state index is 13.4. The van der Waals surface area contributed by atoms with Crippen molar-refractivity contribution >= 4 is 23.5 Å². The number of nitrogens with zero attached hydrogens (tertiary/aromatic N) is 2. The quantitative estimate of drug-likeness (QED) is 0.381. The summed E-state index contributed by atoms with van der Waals surface area (Å²) >= 11 is 3.39. The minimum absolute atomic E-state index is 0.258. The van der Waals surface area contributed by atoms with Crippen molar-refractivity contribution in [2.45, 2.75) is 15.8 Å². The van der Waals surface area contributed by atoms with Crippen LogP contribution in [-0.4, -0.2) is 21.2 Å². The standard InChI is InChI=1S/C22H18FN3S2/c1-27-19-8-3-2-6-16(19)14-28-22-25-20(15-9-11-17(23)12-10-15)21(26-22)18-7-4-5-13-24-18/h2-13H,14H2,1H3,(H,25,26). The second kappa shape index (κ2) is 8.63. The van der Waals surface area contributed by atoms with Crippen LogP contribution in [0, 0.1) is 5.82 Å². The predicted molar refractivity (Wildman–Crippen MR) is 115 cm³/mol. The van der Waals surface area contributed by atoms with Gasteiger partial charge < -0.3 is 4.98 Å². The van der Waals surface area contributed by atoms with E-state index in [9.17, 15) is 4.39 Å². The number of nitrogens with one attached hydrogen (secondary N) is 1. The van der Waals surface area contributed by atoms with E-state index in [1.54, 1.807) is 41.9 Å². The van der Waals surface area contributed by atoms with Crippen LogP contribution in [0.2, 0.25) is 0 Å². The lowest BCUT2D eigenvalue weighted by Crippen LogP contribution is -1.86. The Morgan fingerprint density at radius 2 is 1.75 bits per heavy atom. The van der Waals surface area contributed by atoms with Gasteiger partial charge in [0.2, 0.25) is 0 Å². The molecule has 0 unspecified atom stereocenters. The van der Waals surface area contributed by atoms with Gasteiger partial charge in [-0.05, 0) is 54.3 Å². The average molecular weight is 408 g/mol. The van der Waals surface area contributed by atoms with Crippen molar-refractivity contribution in [3.63, 3.8) is 0 Å². The summed E-state index contributed by atoms with van der Waals surface area (Å²) in [5, 5.41) is 0.816. The van der Waals surface area contributed by atoms with Crippen LogP contribution in [-0.2, 0) is 5.75 Å². The van der Waals surface area contributed by atoms with Gasteiger partial charge in [-0.3, -0.25) is 4.98 Å². The van der Waals surface area contributed by atoms with Gasteiger partial charge in [0.1, 0.15) is 11.5 Å². The van der Waals surface area contributed by atoms with Gasteiger partial charge in [-0.25, -0.2) is 9.37 Å². The van der Waals surface area contributed by atoms with Crippen molar-refractivity contribution in [1.29, 1.82) is 0 Å². The maximum atomic E-state index is 13.4. The second-order valence-electron chi connectivity index (χ2n) is 6.09. The lowest BCUT2D eigenvalue weighted by Gasteiger charge is -2.05. The summed E-state index contributed by atoms with van der Waals surface area (Å²) in [6, 6.07) is 20.6. The molecule has 140 valence electrons. The molecule has 3 nitrogen and oxygen atoms in total. The van der Waals surface area contributed by atoms with Crippen molar-refractivity contribution in [2.75, 3.05) is 6.26 Å². The van der Waals surface area contributed by atoms with Gasteiger partial charge in [0, 0.05) is 22.4 Å². The number of benzene rings is 2. The van der Waals surface area contributed by atoms with Gasteiger partial charge in [-0.2, -0.15) is 0 Å². The molecular formula is C22H18FN3S2. The Kier molecular flexibility index (Phi) is 5.78. The number of rotatable bonds is 6. The number of aromatic nitrogens is 3. The summed E-state index contributed by atoms with van der Waals surface area (Å²) < 4.78 is 13.4. The number of hydrogen-bond acceptors (Lipinski definition) is 4. The molecule has 0 aliphatic carbocycles. The fourth-order valence-corrected chi connectivity index (χ4v) is 4.48. The Morgan fingerprint density at radius 3 is 2.50 bits per heavy atom. The van der Waals surface area contributed by atoms with Gasteiger partial charge >= 0.3 is 0 Å². The normalized spacial score (nSPS) is 10.9. The number of thioether (sulfide) groups is 2. The Bertz CT molecular complexity index is 1060. The van der Waals surface area contributed by atoms with Crippen molar-refractivity contribution in [3.05, 3.63) is 84.3 Å². The summed E-state index contributed by atoms with van der Waals surface area (Å²) in [5.41, 5.74) is 4.56. The van der Waals surface area contributed by atoms with Crippen LogP contribution < -0.4 is 0 Å². The highest BCUT2D eigenvalue weighted by molar-refractivity contribution is 7.99. The molecule has 0 saturated carbocycles. The molecule has 0 bridgehead atoms. The van der Waals surface area contributed by atoms with Crippen molar-refractivity contribution in [3.8, 4) is 22.6 Å². The Labute approximate surface area is 171 Å². The van der Waals surface area contributed by atoms with E-state index in [2.05, 4.69) is 40.5 Å². The highest BCUT2D eigenvalue weighted by Crippen LogP contribution is 2.33. The molecule has 2 heterocycles. The van der Waals surface area contributed by atoms with Gasteiger partial charge in [0.15, 0.2) is 5.16 Å². The fourth-order valence-electron chi connectivity index (χ4n) is 2.90. The lowest BCUT2D eigenvalue weighted by atomic mass is 10.1. The van der Waals surface area contributed by atoms with E-state index in [-0.39, 0.29) is 5.82 Å². The first-order valence-electron chi connectivity index (χ1n) is 8.76. The predicted octanol–water partition coefficient (Wildman–Crippen LogP) is 6.29. The molecular weight excluding hydrogens is 389 g/mol. The number of halogens is 1. The van der Waals surface area contributed by atoms with E-state index in [0.29, 0.717) is 0 Å². The third-order valence-electron chi connectivity index (χ3n) is 4.28. The van der Waals surface area contributed by atoms with Crippen LogP contribution in [0.5, 0.6) is 0 Å². The van der Waals surface area contributed by atoms with E-state index < -0.39 is 0 Å². The molecule has 4 rings (SSSR count). The molecule has 0 saturated heterocycles. The number of aromatic amines is 1. The Morgan fingerprint density at radius 1 is 0.964 bits per heavy atom. The molecule has 0 spiro atoms. The van der Waals surface area contributed by atoms with Crippen molar-refractivity contribution in [2.24, 2.45) is 0 Å². The molecule has 1 N–H and O–H groups in total. The SMILES string of the molecule is CSc1ccccc1CSc1nc(-c2ccccn2)c(-c2ccc(F)cc2)[nH]1. The molecule has 0 aliphatic heterocycles. The lowest BCUT2D eigenvalue weighted by molar-refractivity contribution is 0.628. The van der Waals surface area contributed by atoms with Crippen LogP contribution >= 0.6 is 23.5 Å². The van der Waals surface area contributed by atoms with E-state index in [0.717, 1.165) is 33.6 Å². The zero-order valence-electron chi connectivity index (χ0n) is 15.2. The van der Waals surface area contributed by atoms with Crippen LogP contribution in [0.15, 0.2) is 83.0 Å². The summed E-state index contributed by atoms with van der Waals surface area (Å²) in [6.07, 6.45) is 3.84. The molecule has 0 radical (unpaired) electrons. The van der Waals surface area contributed by atoms with E-state index in [1.165, 1.54) is 22.6 Å². The van der Waals surface area contributed by atoms with Gasteiger partial charge in [0.25, 0.3) is 0 Å². The van der Waals surface area contributed by atoms with Gasteiger partial charge in [-0.15, -0.1) is 11.8 Å². The molecule has 4 aromatic rings. The number of H-pyrrole nitrogens is 1. The fraction of sp³-hybridized carbons (Fsp3) is 0.0909. The first-order chi connectivity index (χ1) is 13.7. The number of pyridine rings is 1. The largest absolute Gasteiger partial charge is 0.332 e. The van der Waals surface area contributed by atoms with Crippen LogP contribution in [0.3, 0.4) is 0 Å². The Balaban J connectivity index is 1.68. The van der Waals surface area contributed by atoms with Crippen LogP contribution in [0.1, 0.15) is 5.56 Å². The molecule has 2 aromatic carbocycles. The number of hydrogen-bond donors (Lipinski definition) is 1.